The first-order valence-electron chi connectivity index (χ1n) is 29.8. The Labute approximate surface area is 550 Å². The van der Waals surface area contributed by atoms with E-state index in [-0.39, 0.29) is 36.3 Å². The summed E-state index contributed by atoms with van der Waals surface area (Å²) >= 11 is 0. The Kier molecular flexibility index (Phi) is 28.5. The lowest BCUT2D eigenvalue weighted by atomic mass is 9.85. The number of rotatable bonds is 17. The number of carboxylic acids is 4. The van der Waals surface area contributed by atoms with Gasteiger partial charge in [-0.15, -0.1) is 0 Å². The third kappa shape index (κ3) is 20.2. The summed E-state index contributed by atoms with van der Waals surface area (Å²) < 4.78 is 35.3. The average molecular weight is 1310 g/mol. The molecule has 95 heavy (non-hydrogen) atoms. The Morgan fingerprint density at radius 1 is 0.453 bits per heavy atom. The van der Waals surface area contributed by atoms with Gasteiger partial charge < -0.3 is 70.2 Å². The van der Waals surface area contributed by atoms with Gasteiger partial charge >= 0.3 is 47.8 Å². The molecule has 4 aliphatic heterocycles. The molecule has 0 aliphatic carbocycles. The molecular formula is C71H82N4O20. The first kappa shape index (κ1) is 75.2. The quantitative estimate of drug-likeness (QED) is 0.0332. The van der Waals surface area contributed by atoms with E-state index in [1.54, 1.807) is 52.5 Å². The monoisotopic (exact) mass is 1310 g/mol. The fourth-order valence-corrected chi connectivity index (χ4v) is 10.6. The van der Waals surface area contributed by atoms with Gasteiger partial charge in [0.05, 0.1) is 43.6 Å². The number of ether oxygens (including phenoxy) is 7. The number of hydrogen-bond donors (Lipinski definition) is 7. The molecule has 0 saturated heterocycles. The van der Waals surface area contributed by atoms with Crippen molar-refractivity contribution in [3.63, 3.8) is 0 Å². The first-order chi connectivity index (χ1) is 44.9. The minimum atomic E-state index is -2.21. The van der Waals surface area contributed by atoms with E-state index < -0.39 is 72.2 Å². The van der Waals surface area contributed by atoms with Crippen molar-refractivity contribution in [3.8, 4) is 17.2 Å². The first-order valence-corrected chi connectivity index (χ1v) is 29.8. The molecule has 0 radical (unpaired) electrons. The van der Waals surface area contributed by atoms with Crippen LogP contribution < -0.4 is 25.7 Å². The highest BCUT2D eigenvalue weighted by Crippen LogP contribution is 2.43. The molecule has 4 heterocycles. The number of hydrogen-bond acceptors (Lipinski definition) is 20. The lowest BCUT2D eigenvalue weighted by molar-refractivity contribution is -0.166. The van der Waals surface area contributed by atoms with Gasteiger partial charge in [0.2, 0.25) is 24.4 Å². The number of aliphatic hydroxyl groups is 1. The number of benzene rings is 6. The summed E-state index contributed by atoms with van der Waals surface area (Å²) in [5, 5.41) is 44.5. The number of aryl methyl sites for hydroxylation is 1. The summed E-state index contributed by atoms with van der Waals surface area (Å²) in [6.45, 7) is 12.5. The fourth-order valence-electron chi connectivity index (χ4n) is 10.6. The molecule has 0 saturated carbocycles. The van der Waals surface area contributed by atoms with Crippen LogP contribution >= 0.6 is 0 Å². The van der Waals surface area contributed by atoms with Gasteiger partial charge in [0.15, 0.2) is 11.5 Å². The van der Waals surface area contributed by atoms with Crippen LogP contribution in [0.25, 0.3) is 0 Å². The maximum atomic E-state index is 12.0. The van der Waals surface area contributed by atoms with Crippen molar-refractivity contribution < 1.29 is 97.0 Å². The van der Waals surface area contributed by atoms with Crippen molar-refractivity contribution >= 4 is 47.8 Å². The van der Waals surface area contributed by atoms with E-state index in [2.05, 4.69) is 54.8 Å². The Hall–Kier alpha value is -10.6. The molecule has 6 atom stereocenters. The summed E-state index contributed by atoms with van der Waals surface area (Å²) in [4.78, 5) is 98.8. The third-order valence-corrected chi connectivity index (χ3v) is 15.5. The average Bonchev–Trinajstić information content (AvgIpc) is 0.783. The van der Waals surface area contributed by atoms with Crippen LogP contribution in [0.4, 0.5) is 0 Å². The summed E-state index contributed by atoms with van der Waals surface area (Å²) in [5.74, 6) is -8.65. The van der Waals surface area contributed by atoms with E-state index in [1.807, 2.05) is 0 Å². The van der Waals surface area contributed by atoms with Crippen LogP contribution in [0.15, 0.2) is 168 Å². The number of fused-ring (bicyclic) bond motifs is 6. The van der Waals surface area contributed by atoms with Crippen LogP contribution in [-0.2, 0) is 51.0 Å². The number of carbonyl (C=O) groups is 8. The van der Waals surface area contributed by atoms with E-state index in [9.17, 15) is 58.8 Å². The minimum Gasteiger partial charge on any atom is -0.496 e. The van der Waals surface area contributed by atoms with Crippen LogP contribution in [0.1, 0.15) is 122 Å². The van der Waals surface area contributed by atoms with E-state index in [1.165, 1.54) is 136 Å². The van der Waals surface area contributed by atoms with Gasteiger partial charge in [-0.05, 0) is 146 Å². The summed E-state index contributed by atoms with van der Waals surface area (Å²) in [6, 6.07) is 39.2. The molecule has 0 bridgehead atoms. The number of aliphatic hydroxyl groups excluding tert-OH is 1. The molecule has 0 spiro atoms. The highest BCUT2D eigenvalue weighted by molar-refractivity contribution is 5.96. The molecule has 10 rings (SSSR count). The number of nitrogens with zero attached hydrogens (tertiary/aromatic N) is 2. The second kappa shape index (κ2) is 36.0. The molecule has 0 fully saturated rings. The summed E-state index contributed by atoms with van der Waals surface area (Å²) in [6.07, 6.45) is -4.82. The van der Waals surface area contributed by atoms with Gasteiger partial charge in [0.25, 0.3) is 0 Å². The zero-order chi connectivity index (χ0) is 68.8. The third-order valence-electron chi connectivity index (χ3n) is 15.5. The van der Waals surface area contributed by atoms with Crippen LogP contribution in [0, 0.1) is 6.92 Å². The van der Waals surface area contributed by atoms with Crippen molar-refractivity contribution in [1.29, 1.82) is 0 Å². The molecule has 6 aromatic rings. The highest BCUT2D eigenvalue weighted by Gasteiger charge is 2.43. The number of esters is 4. The second-order valence-corrected chi connectivity index (χ2v) is 21.9. The molecule has 506 valence electrons. The number of methoxy groups -OCH3 is 3. The fraction of sp³-hybridized carbons (Fsp3) is 0.324. The molecule has 0 aromatic heterocycles. The molecule has 4 aliphatic rings. The largest absolute Gasteiger partial charge is 0.496 e. The zero-order valence-corrected chi connectivity index (χ0v) is 53.1. The second-order valence-electron chi connectivity index (χ2n) is 21.9. The van der Waals surface area contributed by atoms with Gasteiger partial charge in [-0.1, -0.05) is 86.3 Å². The molecule has 9 N–H and O–H groups in total. The molecule has 0 amide bonds. The summed E-state index contributed by atoms with van der Waals surface area (Å²) in [7, 11) is 5.11. The molecule has 24 heteroatoms. The van der Waals surface area contributed by atoms with Gasteiger partial charge in [-0.3, -0.25) is 9.80 Å². The van der Waals surface area contributed by atoms with E-state index in [0.29, 0.717) is 12.1 Å². The Morgan fingerprint density at radius 2 is 0.716 bits per heavy atom. The topological polar surface area (TPSA) is 361 Å². The summed E-state index contributed by atoms with van der Waals surface area (Å²) in [5.41, 5.74) is 24.0. The standard InChI is InChI=1S/2C18H14O8.C16H22N2O2.C16H22N2O.C2H6O.CH4/c2*19-15(20)13(25-17(23)11-7-3-1-4-8-11)14(16(21)22)26-18(24)12-9-5-2-6-10-12;1-10-9-18-5-4-11-6-15(19-2)16(20-3)7-12(11)14(18)8-13(10)17;1-10-6-13-12(7-16(10)19-3)4-5-18-9-11(2)14(17)8-15(13)18;1-2-3;/h2*1-10,13-14H,(H,19,20)(H,21,22);6-7,14H,4-5,8-9,17H2,1-3H3;6-7,15H,4-5,8-9,17H2,1-3H3;3H,2H2,1H3;1H4/t2*13-,14-;;15-;;/m00.0../s1. The predicted molar refractivity (Wildman–Crippen MR) is 349 cm³/mol. The number of carbonyl (C=O) groups excluding carboxylic acids is 4. The van der Waals surface area contributed by atoms with Gasteiger partial charge in [-0.2, -0.15) is 0 Å². The van der Waals surface area contributed by atoms with Crippen LogP contribution in [0.3, 0.4) is 0 Å². The van der Waals surface area contributed by atoms with Crippen molar-refractivity contribution in [3.05, 3.63) is 218 Å². The zero-order valence-electron chi connectivity index (χ0n) is 53.1. The van der Waals surface area contributed by atoms with Crippen LogP contribution in [-0.4, -0.2) is 162 Å². The molecule has 24 nitrogen and oxygen atoms in total. The van der Waals surface area contributed by atoms with Crippen molar-refractivity contribution in [2.45, 2.75) is 97.3 Å². The van der Waals surface area contributed by atoms with Crippen LogP contribution in [0.2, 0.25) is 0 Å². The van der Waals surface area contributed by atoms with E-state index in [4.69, 9.17) is 49.7 Å². The minimum absolute atomic E-state index is 0. The van der Waals surface area contributed by atoms with Gasteiger partial charge in [0.1, 0.15) is 5.75 Å². The lowest BCUT2D eigenvalue weighted by Crippen LogP contribution is -2.45. The number of nitrogens with two attached hydrogens (primary N) is 2. The van der Waals surface area contributed by atoms with Gasteiger partial charge in [0, 0.05) is 69.1 Å². The Bertz CT molecular complexity index is 3420. The molecule has 1 unspecified atom stereocenters. The van der Waals surface area contributed by atoms with E-state index in [0.717, 1.165) is 80.5 Å². The maximum Gasteiger partial charge on any atom is 0.349 e. The highest BCUT2D eigenvalue weighted by atomic mass is 16.6. The lowest BCUT2D eigenvalue weighted by Gasteiger charge is -2.41. The van der Waals surface area contributed by atoms with Gasteiger partial charge in [-0.25, -0.2) is 38.4 Å². The SMILES string of the molecule is C.CCO.COc1cc2c(cc1C)[C@@H]1CC(N)=C(C)CN1CC2.COc1cc2c(cc1OC)C1CC(N)=C(C)CN1CC2.O=C(O[C@H](C(=O)O)[C@H](OC(=O)c1ccccc1)C(=O)O)c1ccccc1.O=C(O[C@H](C(=O)O)[C@H](OC(=O)c1ccccc1)C(=O)O)c1ccccc1. The molecule has 6 aromatic carbocycles. The van der Waals surface area contributed by atoms with E-state index >= 15 is 0 Å². The van der Waals surface area contributed by atoms with Crippen molar-refractivity contribution in [2.24, 2.45) is 11.5 Å². The molecular weight excluding hydrogens is 1230 g/mol. The predicted octanol–water partition coefficient (Wildman–Crippen LogP) is 8.63. The van der Waals surface area contributed by atoms with Crippen molar-refractivity contribution in [1.82, 2.24) is 9.80 Å². The Balaban J connectivity index is 0.000000227. The Morgan fingerprint density at radius 3 is 0.989 bits per heavy atom. The van der Waals surface area contributed by atoms with Crippen LogP contribution in [0.5, 0.6) is 17.2 Å². The normalized spacial score (nSPS) is 16.3. The number of carboxylic acid groups (broad SMARTS) is 4. The smallest absolute Gasteiger partial charge is 0.349 e. The van der Waals surface area contributed by atoms with Crippen molar-refractivity contribution in [2.75, 3.05) is 54.1 Å². The maximum absolute atomic E-state index is 12.0. The number of aliphatic carboxylic acids is 4.